The van der Waals surface area contributed by atoms with Crippen LogP contribution in [0.5, 0.6) is 5.75 Å². The normalized spacial score (nSPS) is 23.4. The quantitative estimate of drug-likeness (QED) is 0.416. The van der Waals surface area contributed by atoms with Crippen LogP contribution in [0.4, 0.5) is 0 Å². The summed E-state index contributed by atoms with van der Waals surface area (Å²) in [5.74, 6) is 0.643. The molecule has 214 valence electrons. The molecule has 1 atom stereocenters. The molecule has 0 saturated carbocycles. The summed E-state index contributed by atoms with van der Waals surface area (Å²) in [6.45, 7) is 16.5. The first kappa shape index (κ1) is 32.2. The summed E-state index contributed by atoms with van der Waals surface area (Å²) in [6, 6.07) is 4.81. The Morgan fingerprint density at radius 2 is 1.16 bits per heavy atom. The van der Waals surface area contributed by atoms with E-state index in [0.717, 1.165) is 12.8 Å². The van der Waals surface area contributed by atoms with Crippen LogP contribution in [0.1, 0.15) is 187 Å². The maximum absolute atomic E-state index is 12.0. The molecular weight excluding hydrogens is 448 g/mol. The van der Waals surface area contributed by atoms with E-state index in [1.165, 1.54) is 132 Å². The summed E-state index contributed by atoms with van der Waals surface area (Å²) >= 11 is 0. The fourth-order valence-electron chi connectivity index (χ4n) is 7.16. The molecule has 2 bridgehead atoms. The number of aromatic hydroxyl groups is 1. The zero-order valence-electron chi connectivity index (χ0n) is 26.2. The third-order valence-corrected chi connectivity index (χ3v) is 10.2. The van der Waals surface area contributed by atoms with E-state index in [0.29, 0.717) is 11.2 Å². The number of phenols is 1. The zero-order chi connectivity index (χ0) is 27.4. The predicted molar refractivity (Wildman–Crippen MR) is 165 cm³/mol. The van der Waals surface area contributed by atoms with Crippen molar-refractivity contribution in [3.05, 3.63) is 28.8 Å². The molecule has 0 amide bonds. The van der Waals surface area contributed by atoms with Crippen LogP contribution in [0.2, 0.25) is 0 Å². The van der Waals surface area contributed by atoms with Crippen LogP contribution in [-0.4, -0.2) is 5.11 Å². The van der Waals surface area contributed by atoms with Gasteiger partial charge in [-0.1, -0.05) is 157 Å². The molecular formula is C36H64O. The summed E-state index contributed by atoms with van der Waals surface area (Å²) in [5, 5.41) is 12.0. The van der Waals surface area contributed by atoms with Crippen molar-refractivity contribution < 1.29 is 5.11 Å². The highest BCUT2D eigenvalue weighted by atomic mass is 16.3. The second-order valence-corrected chi connectivity index (χ2v) is 13.8. The zero-order valence-corrected chi connectivity index (χ0v) is 26.2. The van der Waals surface area contributed by atoms with Crippen LogP contribution in [0.25, 0.3) is 0 Å². The van der Waals surface area contributed by atoms with Gasteiger partial charge in [0.15, 0.2) is 0 Å². The Labute approximate surface area is 232 Å². The monoisotopic (exact) mass is 512 g/mol. The Kier molecular flexibility index (Phi) is 13.6. The average Bonchev–Trinajstić information content (AvgIpc) is 2.87. The van der Waals surface area contributed by atoms with Gasteiger partial charge in [0, 0.05) is 5.56 Å². The highest BCUT2D eigenvalue weighted by molar-refractivity contribution is 5.50. The van der Waals surface area contributed by atoms with Gasteiger partial charge < -0.3 is 5.11 Å². The number of hydrogen-bond acceptors (Lipinski definition) is 1. The summed E-state index contributed by atoms with van der Waals surface area (Å²) in [6.07, 6.45) is 26.0. The molecule has 1 N–H and O–H groups in total. The fourth-order valence-corrected chi connectivity index (χ4v) is 7.16. The topological polar surface area (TPSA) is 20.2 Å². The van der Waals surface area contributed by atoms with Gasteiger partial charge in [-0.3, -0.25) is 0 Å². The van der Waals surface area contributed by atoms with Gasteiger partial charge >= 0.3 is 0 Å². The van der Waals surface area contributed by atoms with Crippen LogP contribution in [0.15, 0.2) is 12.1 Å². The Bertz CT molecular complexity index is 766. The minimum absolute atomic E-state index is 0.0811. The molecule has 1 aromatic carbocycles. The van der Waals surface area contributed by atoms with Gasteiger partial charge in [0.05, 0.1) is 0 Å². The van der Waals surface area contributed by atoms with Crippen molar-refractivity contribution in [3.63, 3.8) is 0 Å². The SMILES string of the molecule is CCCC1(CC)CCCCCCCCCCCCCCC(CC)(CC)Cc2cc(C(C)(C)C)cc1c2O. The molecule has 1 unspecified atom stereocenters. The summed E-state index contributed by atoms with van der Waals surface area (Å²) in [7, 11) is 0. The molecule has 37 heavy (non-hydrogen) atoms. The van der Waals surface area contributed by atoms with Crippen molar-refractivity contribution in [3.8, 4) is 5.75 Å². The summed E-state index contributed by atoms with van der Waals surface area (Å²) < 4.78 is 0. The van der Waals surface area contributed by atoms with Crippen molar-refractivity contribution in [2.24, 2.45) is 5.41 Å². The van der Waals surface area contributed by atoms with E-state index in [1.807, 2.05) is 0 Å². The van der Waals surface area contributed by atoms with Crippen molar-refractivity contribution in [2.45, 2.75) is 188 Å². The van der Waals surface area contributed by atoms with Crippen LogP contribution >= 0.6 is 0 Å². The molecule has 1 aliphatic carbocycles. The van der Waals surface area contributed by atoms with Gasteiger partial charge in [-0.25, -0.2) is 0 Å². The molecule has 0 aromatic heterocycles. The lowest BCUT2D eigenvalue weighted by Crippen LogP contribution is -2.28. The second kappa shape index (κ2) is 15.6. The van der Waals surface area contributed by atoms with E-state index in [1.54, 1.807) is 0 Å². The van der Waals surface area contributed by atoms with Gasteiger partial charge in [-0.2, -0.15) is 0 Å². The number of rotatable bonds is 5. The molecule has 0 saturated heterocycles. The Morgan fingerprint density at radius 1 is 0.676 bits per heavy atom. The first-order valence-corrected chi connectivity index (χ1v) is 16.5. The highest BCUT2D eigenvalue weighted by Crippen LogP contribution is 2.48. The molecule has 0 radical (unpaired) electrons. The fraction of sp³-hybridized carbons (Fsp3) is 0.833. The molecule has 0 spiro atoms. The lowest BCUT2D eigenvalue weighted by Gasteiger charge is -2.38. The second-order valence-electron chi connectivity index (χ2n) is 13.8. The molecule has 1 nitrogen and oxygen atoms in total. The van der Waals surface area contributed by atoms with E-state index >= 15 is 0 Å². The lowest BCUT2D eigenvalue weighted by molar-refractivity contribution is 0.224. The van der Waals surface area contributed by atoms with Gasteiger partial charge in [-0.15, -0.1) is 0 Å². The Morgan fingerprint density at radius 3 is 1.59 bits per heavy atom. The van der Waals surface area contributed by atoms with Gasteiger partial charge in [-0.05, 0) is 59.5 Å². The molecule has 1 heteroatoms. The molecule has 2 rings (SSSR count). The largest absolute Gasteiger partial charge is 0.507 e. The molecule has 0 aliphatic heterocycles. The van der Waals surface area contributed by atoms with Crippen molar-refractivity contribution in [1.29, 1.82) is 0 Å². The number of benzene rings is 1. The van der Waals surface area contributed by atoms with E-state index < -0.39 is 0 Å². The van der Waals surface area contributed by atoms with Crippen LogP contribution in [0, 0.1) is 5.41 Å². The van der Waals surface area contributed by atoms with Crippen LogP contribution in [-0.2, 0) is 17.3 Å². The van der Waals surface area contributed by atoms with Gasteiger partial charge in [0.25, 0.3) is 0 Å². The van der Waals surface area contributed by atoms with Gasteiger partial charge in [0.1, 0.15) is 5.75 Å². The van der Waals surface area contributed by atoms with E-state index in [-0.39, 0.29) is 10.8 Å². The molecule has 0 fully saturated rings. The minimum Gasteiger partial charge on any atom is -0.507 e. The highest BCUT2D eigenvalue weighted by Gasteiger charge is 2.35. The average molecular weight is 513 g/mol. The van der Waals surface area contributed by atoms with Crippen LogP contribution < -0.4 is 0 Å². The van der Waals surface area contributed by atoms with Crippen molar-refractivity contribution >= 4 is 0 Å². The maximum Gasteiger partial charge on any atom is 0.122 e. The summed E-state index contributed by atoms with van der Waals surface area (Å²) in [5.41, 5.74) is 4.39. The first-order valence-electron chi connectivity index (χ1n) is 16.5. The molecule has 0 heterocycles. The third-order valence-electron chi connectivity index (χ3n) is 10.2. The minimum atomic E-state index is 0.0811. The summed E-state index contributed by atoms with van der Waals surface area (Å²) in [4.78, 5) is 0. The van der Waals surface area contributed by atoms with Gasteiger partial charge in [0.2, 0.25) is 0 Å². The third kappa shape index (κ3) is 9.32. The predicted octanol–water partition coefficient (Wildman–Crippen LogP) is 12.0. The lowest BCUT2D eigenvalue weighted by atomic mass is 9.67. The number of hydrogen-bond donors (Lipinski definition) is 1. The maximum atomic E-state index is 12.0. The van der Waals surface area contributed by atoms with Crippen LogP contribution in [0.3, 0.4) is 0 Å². The molecule has 1 aromatic rings. The van der Waals surface area contributed by atoms with E-state index in [9.17, 15) is 5.11 Å². The Hall–Kier alpha value is -0.980. The van der Waals surface area contributed by atoms with E-state index in [2.05, 4.69) is 60.6 Å². The number of phenolic OH excluding ortho intramolecular Hbond substituents is 1. The smallest absolute Gasteiger partial charge is 0.122 e. The molecule has 1 aliphatic rings. The van der Waals surface area contributed by atoms with E-state index in [4.69, 9.17) is 0 Å². The first-order chi connectivity index (χ1) is 17.7. The van der Waals surface area contributed by atoms with Crippen molar-refractivity contribution in [2.75, 3.05) is 0 Å². The van der Waals surface area contributed by atoms with Crippen molar-refractivity contribution in [1.82, 2.24) is 0 Å². The standard InChI is InChI=1S/C36H64O/c1-8-24-36(11-4)26-23-21-19-17-15-13-12-14-16-18-20-22-25-35(9-2,10-3)29-30-27-31(34(5,6)7)28-32(36)33(30)37/h27-28,37H,8-26,29H2,1-7H3. The number of fused-ring (bicyclic) bond motifs is 2. The Balaban J connectivity index is 2.54.